The van der Waals surface area contributed by atoms with E-state index in [1.54, 1.807) is 0 Å². The van der Waals surface area contributed by atoms with Gasteiger partial charge in [-0.15, -0.1) is 0 Å². The molecule has 2 aliphatic heterocycles. The summed E-state index contributed by atoms with van der Waals surface area (Å²) in [6.45, 7) is 2.64. The van der Waals surface area contributed by atoms with E-state index in [4.69, 9.17) is 0 Å². The van der Waals surface area contributed by atoms with E-state index in [1.807, 2.05) is 12.1 Å². The van der Waals surface area contributed by atoms with Crippen molar-refractivity contribution in [3.63, 3.8) is 0 Å². The number of carbonyl (C=O) groups excluding carboxylic acids is 1. The summed E-state index contributed by atoms with van der Waals surface area (Å²) in [6, 6.07) is 21.1. The third-order valence-electron chi connectivity index (χ3n) is 5.47. The van der Waals surface area contributed by atoms with Crippen LogP contribution in [0.4, 0.5) is 0 Å². The smallest absolute Gasteiger partial charge is 0.239 e. The van der Waals surface area contributed by atoms with Crippen LogP contribution in [0, 0.1) is 0 Å². The van der Waals surface area contributed by atoms with Crippen LogP contribution in [-0.4, -0.2) is 36.5 Å². The highest BCUT2D eigenvalue weighted by atomic mass is 16.2. The number of nitrogens with one attached hydrogen (secondary N) is 1. The van der Waals surface area contributed by atoms with Gasteiger partial charge in [-0.3, -0.25) is 4.79 Å². The lowest BCUT2D eigenvalue weighted by Gasteiger charge is -2.21. The van der Waals surface area contributed by atoms with Gasteiger partial charge in [0, 0.05) is 25.6 Å². The average Bonchev–Trinajstić information content (AvgIpc) is 3.33. The van der Waals surface area contributed by atoms with Gasteiger partial charge in [-0.1, -0.05) is 60.7 Å². The van der Waals surface area contributed by atoms with Gasteiger partial charge < -0.3 is 10.2 Å². The summed E-state index contributed by atoms with van der Waals surface area (Å²) < 4.78 is 0. The summed E-state index contributed by atoms with van der Waals surface area (Å²) in [7, 11) is 0. The number of rotatable bonds is 3. The van der Waals surface area contributed by atoms with Gasteiger partial charge in [0.25, 0.3) is 0 Å². The van der Waals surface area contributed by atoms with Crippen molar-refractivity contribution >= 4 is 5.91 Å². The molecule has 2 heterocycles. The molecule has 124 valence electrons. The predicted molar refractivity (Wildman–Crippen MR) is 96.0 cm³/mol. The minimum atomic E-state index is -0.0234. The summed E-state index contributed by atoms with van der Waals surface area (Å²) in [4.78, 5) is 14.9. The van der Waals surface area contributed by atoms with Crippen molar-refractivity contribution < 1.29 is 4.79 Å². The van der Waals surface area contributed by atoms with Crippen LogP contribution in [0.25, 0.3) is 0 Å². The Labute approximate surface area is 143 Å². The summed E-state index contributed by atoms with van der Waals surface area (Å²) in [5.41, 5.74) is 2.69. The lowest BCUT2D eigenvalue weighted by atomic mass is 9.96. The van der Waals surface area contributed by atoms with Gasteiger partial charge >= 0.3 is 0 Å². The monoisotopic (exact) mass is 320 g/mol. The van der Waals surface area contributed by atoms with Crippen LogP contribution < -0.4 is 5.32 Å². The van der Waals surface area contributed by atoms with Crippen LogP contribution in [0.2, 0.25) is 0 Å². The number of benzene rings is 2. The van der Waals surface area contributed by atoms with Gasteiger partial charge in [-0.05, 0) is 29.9 Å². The zero-order valence-corrected chi connectivity index (χ0v) is 13.9. The molecule has 0 radical (unpaired) electrons. The normalized spacial score (nSPS) is 26.7. The van der Waals surface area contributed by atoms with Crippen LogP contribution >= 0.6 is 0 Å². The highest BCUT2D eigenvalue weighted by Crippen LogP contribution is 2.30. The zero-order chi connectivity index (χ0) is 16.4. The molecule has 2 aliphatic rings. The van der Waals surface area contributed by atoms with Crippen LogP contribution in [0.15, 0.2) is 60.7 Å². The summed E-state index contributed by atoms with van der Waals surface area (Å²) in [5, 5.41) is 3.45. The fourth-order valence-electron chi connectivity index (χ4n) is 4.08. The maximum atomic E-state index is 12.9. The van der Waals surface area contributed by atoms with Crippen LogP contribution in [0.5, 0.6) is 0 Å². The molecule has 0 bridgehead atoms. The largest absolute Gasteiger partial charge is 0.341 e. The molecule has 1 unspecified atom stereocenters. The quantitative estimate of drug-likeness (QED) is 0.942. The van der Waals surface area contributed by atoms with Crippen LogP contribution in [0.3, 0.4) is 0 Å². The Morgan fingerprint density at radius 2 is 1.54 bits per heavy atom. The molecule has 3 nitrogen and oxygen atoms in total. The molecule has 2 aromatic carbocycles. The van der Waals surface area contributed by atoms with E-state index in [1.165, 1.54) is 11.1 Å². The lowest BCUT2D eigenvalue weighted by molar-refractivity contribution is -0.132. The van der Waals surface area contributed by atoms with E-state index in [-0.39, 0.29) is 11.9 Å². The molecule has 3 atom stereocenters. The molecule has 2 saturated heterocycles. The standard InChI is InChI=1S/C21H24N2O/c24-21(20-13-19(14-22-20)17-9-5-2-6-10-17)23-12-11-18(15-23)16-7-3-1-4-8-16/h1-10,18-20,22H,11-15H2/t18?,19-,20-/m0/s1. The topological polar surface area (TPSA) is 32.3 Å². The Hall–Kier alpha value is -2.13. The number of hydrogen-bond donors (Lipinski definition) is 1. The first kappa shape index (κ1) is 15.4. The molecule has 1 N–H and O–H groups in total. The highest BCUT2D eigenvalue weighted by molar-refractivity contribution is 5.82. The SMILES string of the molecule is O=C([C@@H]1C[C@H](c2ccccc2)CN1)N1CCC(c2ccccc2)C1. The second-order valence-electron chi connectivity index (χ2n) is 6.98. The fourth-order valence-corrected chi connectivity index (χ4v) is 4.08. The van der Waals surface area contributed by atoms with Crippen molar-refractivity contribution in [2.75, 3.05) is 19.6 Å². The van der Waals surface area contributed by atoms with Crippen molar-refractivity contribution in [1.82, 2.24) is 10.2 Å². The van der Waals surface area contributed by atoms with Gasteiger partial charge in [0.15, 0.2) is 0 Å². The van der Waals surface area contributed by atoms with E-state index in [0.29, 0.717) is 11.8 Å². The summed E-state index contributed by atoms with van der Waals surface area (Å²) in [5.74, 6) is 1.22. The van der Waals surface area contributed by atoms with Crippen molar-refractivity contribution in [2.45, 2.75) is 30.7 Å². The number of carbonyl (C=O) groups is 1. The maximum Gasteiger partial charge on any atom is 0.239 e. The Kier molecular flexibility index (Phi) is 4.35. The Bertz CT molecular complexity index is 626. The Morgan fingerprint density at radius 3 is 2.21 bits per heavy atom. The van der Waals surface area contributed by atoms with Crippen molar-refractivity contribution in [3.05, 3.63) is 71.8 Å². The average molecular weight is 320 g/mol. The fraction of sp³-hybridized carbons (Fsp3) is 0.381. The molecule has 1 amide bonds. The third kappa shape index (κ3) is 3.09. The van der Waals surface area contributed by atoms with Gasteiger partial charge in [0.2, 0.25) is 5.91 Å². The molecule has 3 heteroatoms. The van der Waals surface area contributed by atoms with Gasteiger partial charge in [0.05, 0.1) is 6.04 Å². The van der Waals surface area contributed by atoms with Crippen LogP contribution in [0.1, 0.15) is 35.8 Å². The number of nitrogens with zero attached hydrogens (tertiary/aromatic N) is 1. The molecule has 0 aliphatic carbocycles. The molecule has 0 aromatic heterocycles. The highest BCUT2D eigenvalue weighted by Gasteiger charge is 2.35. The first-order chi connectivity index (χ1) is 11.8. The van der Waals surface area contributed by atoms with Crippen molar-refractivity contribution in [1.29, 1.82) is 0 Å². The van der Waals surface area contributed by atoms with Gasteiger partial charge in [0.1, 0.15) is 0 Å². The molecule has 4 rings (SSSR count). The molecule has 2 aromatic rings. The molecule has 24 heavy (non-hydrogen) atoms. The zero-order valence-electron chi connectivity index (χ0n) is 13.9. The Morgan fingerprint density at radius 1 is 0.917 bits per heavy atom. The first-order valence-electron chi connectivity index (χ1n) is 8.93. The van der Waals surface area contributed by atoms with Crippen molar-refractivity contribution in [3.8, 4) is 0 Å². The van der Waals surface area contributed by atoms with Gasteiger partial charge in [-0.25, -0.2) is 0 Å². The summed E-state index contributed by atoms with van der Waals surface area (Å²) in [6.07, 6.45) is 1.99. The summed E-state index contributed by atoms with van der Waals surface area (Å²) >= 11 is 0. The Balaban J connectivity index is 1.37. The number of hydrogen-bond acceptors (Lipinski definition) is 2. The predicted octanol–water partition coefficient (Wildman–Crippen LogP) is 3.15. The number of likely N-dealkylation sites (tertiary alicyclic amines) is 1. The second kappa shape index (κ2) is 6.78. The van der Waals surface area contributed by atoms with E-state index in [0.717, 1.165) is 32.5 Å². The van der Waals surface area contributed by atoms with Gasteiger partial charge in [-0.2, -0.15) is 0 Å². The molecular formula is C21H24N2O. The van der Waals surface area contributed by atoms with E-state index < -0.39 is 0 Å². The van der Waals surface area contributed by atoms with E-state index in [2.05, 4.69) is 58.7 Å². The number of amides is 1. The van der Waals surface area contributed by atoms with Crippen molar-refractivity contribution in [2.24, 2.45) is 0 Å². The minimum Gasteiger partial charge on any atom is -0.341 e. The molecule has 0 saturated carbocycles. The first-order valence-corrected chi connectivity index (χ1v) is 8.93. The van der Waals surface area contributed by atoms with E-state index >= 15 is 0 Å². The van der Waals surface area contributed by atoms with Crippen LogP contribution in [-0.2, 0) is 4.79 Å². The molecular weight excluding hydrogens is 296 g/mol. The maximum absolute atomic E-state index is 12.9. The second-order valence-corrected chi connectivity index (χ2v) is 6.98. The van der Waals surface area contributed by atoms with E-state index in [9.17, 15) is 4.79 Å². The lowest BCUT2D eigenvalue weighted by Crippen LogP contribution is -2.42. The molecule has 2 fully saturated rings. The third-order valence-corrected chi connectivity index (χ3v) is 5.47. The molecule has 0 spiro atoms. The minimum absolute atomic E-state index is 0.0234.